The molecule has 6 heteroatoms. The molecule has 0 aromatic rings. The fraction of sp³-hybridized carbons (Fsp3) is 1.00. The van der Waals surface area contributed by atoms with Crippen LogP contribution in [-0.2, 0) is 23.1 Å². The topological polar surface area (TPSA) is 54.0 Å². The molecule has 0 rings (SSSR count). The van der Waals surface area contributed by atoms with Gasteiger partial charge in [-0.15, -0.1) is 4.52 Å². The van der Waals surface area contributed by atoms with E-state index in [0.717, 1.165) is 0 Å². The van der Waals surface area contributed by atoms with Gasteiger partial charge in [-0.1, -0.05) is 4.52 Å². The Morgan fingerprint density at radius 1 is 1.07 bits per heavy atom. The molecule has 5 nitrogen and oxygen atoms in total. The summed E-state index contributed by atoms with van der Waals surface area (Å²) in [6.45, 7) is 8.03. The molecule has 0 aromatic carbocycles. The van der Waals surface area contributed by atoms with Gasteiger partial charge in [0.2, 0.25) is 0 Å². The highest BCUT2D eigenvalue weighted by molar-refractivity contribution is 7.33. The Hall–Kier alpha value is -0.0600. The largest absolute Gasteiger partial charge is 0.703 e. The third-order valence-electron chi connectivity index (χ3n) is 1.29. The van der Waals surface area contributed by atoms with Crippen LogP contribution in [0, 0.1) is 0 Å². The van der Waals surface area contributed by atoms with Gasteiger partial charge < -0.3 is 9.47 Å². The molecule has 0 aliphatic rings. The van der Waals surface area contributed by atoms with E-state index in [1.54, 1.807) is 27.7 Å². The molecule has 0 saturated carbocycles. The third kappa shape index (κ3) is 5.62. The normalized spacial score (nSPS) is 13.0. The van der Waals surface area contributed by atoms with E-state index < -0.39 is 14.2 Å². The second-order valence-corrected chi connectivity index (χ2v) is 3.35. The summed E-state index contributed by atoms with van der Waals surface area (Å²) in [5.74, 6) is -1.29. The Bertz CT molecular complexity index is 167. The van der Waals surface area contributed by atoms with E-state index in [1.165, 1.54) is 0 Å². The minimum Gasteiger partial charge on any atom is -0.325 e. The lowest BCUT2D eigenvalue weighted by molar-refractivity contribution is -0.329. The molecule has 0 fully saturated rings. The lowest BCUT2D eigenvalue weighted by Gasteiger charge is -2.21. The van der Waals surface area contributed by atoms with Crippen LogP contribution in [0.4, 0.5) is 0 Å². The molecule has 1 unspecified atom stereocenters. The van der Waals surface area contributed by atoms with E-state index in [1.807, 2.05) is 0 Å². The second-order valence-electron chi connectivity index (χ2n) is 2.46. The second kappa shape index (κ2) is 7.26. The third-order valence-corrected chi connectivity index (χ3v) is 2.24. The van der Waals surface area contributed by atoms with Crippen LogP contribution in [0.2, 0.25) is 0 Å². The Balaban J connectivity index is 4.12. The molecule has 0 radical (unpaired) electrons. The minimum absolute atomic E-state index is 0.323. The molecule has 84 valence electrons. The number of hydrogen-bond donors (Lipinski definition) is 0. The van der Waals surface area contributed by atoms with E-state index >= 15 is 0 Å². The van der Waals surface area contributed by atoms with Crippen molar-refractivity contribution in [1.82, 2.24) is 0 Å². The van der Waals surface area contributed by atoms with Crippen molar-refractivity contribution in [3.05, 3.63) is 0 Å². The summed E-state index contributed by atoms with van der Waals surface area (Å²) in [5.41, 5.74) is 0. The van der Waals surface area contributed by atoms with Gasteiger partial charge in [0, 0.05) is 24.7 Å². The summed E-state index contributed by atoms with van der Waals surface area (Å²) in [5, 5.41) is 0. The van der Waals surface area contributed by atoms with Gasteiger partial charge in [0.15, 0.2) is 0 Å². The van der Waals surface area contributed by atoms with E-state index in [4.69, 9.17) is 18.5 Å². The van der Waals surface area contributed by atoms with Gasteiger partial charge >= 0.3 is 14.2 Å². The molecule has 0 spiro atoms. The standard InChI is InChI=1S/C8H18O5P/c1-5-10-8(4,11-6-2)13-14(9)12-7-3/h5-7H2,1-4H3/q+1. The van der Waals surface area contributed by atoms with Crippen LogP contribution >= 0.6 is 8.25 Å². The molecule has 0 aromatic heterocycles. The van der Waals surface area contributed by atoms with Crippen LogP contribution in [0.25, 0.3) is 0 Å². The van der Waals surface area contributed by atoms with Crippen LogP contribution in [0.15, 0.2) is 0 Å². The molecule has 0 N–H and O–H groups in total. The van der Waals surface area contributed by atoms with E-state index in [-0.39, 0.29) is 0 Å². The zero-order valence-electron chi connectivity index (χ0n) is 9.11. The predicted octanol–water partition coefficient (Wildman–Crippen LogP) is 2.44. The maximum Gasteiger partial charge on any atom is 0.703 e. The first-order valence-electron chi connectivity index (χ1n) is 4.65. The molecule has 0 heterocycles. The molecule has 1 atom stereocenters. The minimum atomic E-state index is -2.19. The van der Waals surface area contributed by atoms with Crippen molar-refractivity contribution in [2.45, 2.75) is 33.7 Å². The van der Waals surface area contributed by atoms with Gasteiger partial charge in [0.05, 0.1) is 0 Å². The maximum absolute atomic E-state index is 11.2. The first-order valence-corrected chi connectivity index (χ1v) is 5.74. The Morgan fingerprint density at radius 3 is 1.93 bits per heavy atom. The SMILES string of the molecule is CCO[P+](=O)OC(C)(OCC)OCC. The van der Waals surface area contributed by atoms with Gasteiger partial charge in [-0.25, -0.2) is 0 Å². The molecule has 0 aliphatic carbocycles. The zero-order valence-corrected chi connectivity index (χ0v) is 10.0. The van der Waals surface area contributed by atoms with Crippen molar-refractivity contribution in [3.63, 3.8) is 0 Å². The lowest BCUT2D eigenvalue weighted by atomic mass is 10.6. The van der Waals surface area contributed by atoms with E-state index in [2.05, 4.69) is 0 Å². The first kappa shape index (κ1) is 13.9. The Labute approximate surface area is 85.6 Å². The van der Waals surface area contributed by atoms with Crippen molar-refractivity contribution in [2.24, 2.45) is 0 Å². The van der Waals surface area contributed by atoms with Gasteiger partial charge in [-0.3, -0.25) is 0 Å². The van der Waals surface area contributed by atoms with Gasteiger partial charge in [0.25, 0.3) is 0 Å². The Morgan fingerprint density at radius 2 is 1.57 bits per heavy atom. The summed E-state index contributed by atoms with van der Waals surface area (Å²) in [6, 6.07) is 0. The average Bonchev–Trinajstić information content (AvgIpc) is 2.04. The van der Waals surface area contributed by atoms with Crippen molar-refractivity contribution >= 4 is 8.25 Å². The van der Waals surface area contributed by atoms with Crippen molar-refractivity contribution < 1.29 is 23.1 Å². The van der Waals surface area contributed by atoms with Gasteiger partial charge in [0.1, 0.15) is 6.61 Å². The molecular formula is C8H18O5P+. The summed E-state index contributed by atoms with van der Waals surface area (Å²) >= 11 is 0. The monoisotopic (exact) mass is 225 g/mol. The van der Waals surface area contributed by atoms with Crippen molar-refractivity contribution in [1.29, 1.82) is 0 Å². The highest BCUT2D eigenvalue weighted by atomic mass is 31.1. The van der Waals surface area contributed by atoms with Gasteiger partial charge in [-0.2, -0.15) is 0 Å². The average molecular weight is 225 g/mol. The highest BCUT2D eigenvalue weighted by Crippen LogP contribution is 2.32. The smallest absolute Gasteiger partial charge is 0.325 e. The predicted molar refractivity (Wildman–Crippen MR) is 52.0 cm³/mol. The van der Waals surface area contributed by atoms with Crippen molar-refractivity contribution in [2.75, 3.05) is 19.8 Å². The van der Waals surface area contributed by atoms with Crippen LogP contribution in [-0.4, -0.2) is 25.8 Å². The number of ether oxygens (including phenoxy) is 2. The molecule has 14 heavy (non-hydrogen) atoms. The van der Waals surface area contributed by atoms with Crippen LogP contribution < -0.4 is 0 Å². The molecular weight excluding hydrogens is 207 g/mol. The highest BCUT2D eigenvalue weighted by Gasteiger charge is 2.39. The van der Waals surface area contributed by atoms with E-state index in [9.17, 15) is 4.57 Å². The number of hydrogen-bond acceptors (Lipinski definition) is 5. The molecule has 0 aliphatic heterocycles. The fourth-order valence-electron chi connectivity index (χ4n) is 0.886. The lowest BCUT2D eigenvalue weighted by Crippen LogP contribution is -2.33. The maximum atomic E-state index is 11.2. The Kier molecular flexibility index (Phi) is 7.23. The molecule has 0 bridgehead atoms. The van der Waals surface area contributed by atoms with Crippen molar-refractivity contribution in [3.8, 4) is 0 Å². The quantitative estimate of drug-likeness (QED) is 0.469. The van der Waals surface area contributed by atoms with E-state index in [0.29, 0.717) is 19.8 Å². The van der Waals surface area contributed by atoms with Crippen LogP contribution in [0.1, 0.15) is 27.7 Å². The first-order chi connectivity index (χ1) is 6.58. The summed E-state index contributed by atoms with van der Waals surface area (Å²) < 4.78 is 31.3. The summed E-state index contributed by atoms with van der Waals surface area (Å²) in [6.07, 6.45) is 0. The molecule has 0 amide bonds. The number of rotatable bonds is 8. The fourth-order valence-corrected chi connectivity index (χ4v) is 1.53. The molecule has 0 saturated heterocycles. The van der Waals surface area contributed by atoms with Crippen LogP contribution in [0.5, 0.6) is 0 Å². The van der Waals surface area contributed by atoms with Crippen LogP contribution in [0.3, 0.4) is 0 Å². The van der Waals surface area contributed by atoms with Gasteiger partial charge in [-0.05, 0) is 20.8 Å². The summed E-state index contributed by atoms with van der Waals surface area (Å²) in [7, 11) is -2.19. The summed E-state index contributed by atoms with van der Waals surface area (Å²) in [4.78, 5) is 0. The zero-order chi connectivity index (χ0) is 11.0.